The van der Waals surface area contributed by atoms with Gasteiger partial charge in [-0.15, -0.1) is 0 Å². The monoisotopic (exact) mass is 238 g/mol. The highest BCUT2D eigenvalue weighted by Crippen LogP contribution is 2.02. The van der Waals surface area contributed by atoms with E-state index in [0.29, 0.717) is 6.54 Å². The summed E-state index contributed by atoms with van der Waals surface area (Å²) < 4.78 is 24.0. The lowest BCUT2D eigenvalue weighted by Gasteiger charge is -2.26. The third-order valence-corrected chi connectivity index (χ3v) is 1.99. The minimum atomic E-state index is -2.59. The van der Waals surface area contributed by atoms with Crippen LogP contribution in [0.4, 0.5) is 13.6 Å². The smallest absolute Gasteiger partial charge is 0.319 e. The van der Waals surface area contributed by atoms with Crippen LogP contribution in [-0.2, 0) is 4.79 Å². The average Bonchev–Trinajstić information content (AvgIpc) is 2.16. The van der Waals surface area contributed by atoms with Gasteiger partial charge in [0.05, 0.1) is 13.0 Å². The Morgan fingerprint density at radius 1 is 1.38 bits per heavy atom. The maximum atomic E-state index is 12.0. The van der Waals surface area contributed by atoms with Crippen LogP contribution in [0, 0.1) is 0 Å². The largest absolute Gasteiger partial charge is 0.481 e. The number of hydrogen-bond acceptors (Lipinski definition) is 2. The van der Waals surface area contributed by atoms with Crippen LogP contribution in [-0.4, -0.2) is 60.0 Å². The van der Waals surface area contributed by atoms with Gasteiger partial charge >= 0.3 is 12.0 Å². The number of rotatable bonds is 6. The van der Waals surface area contributed by atoms with E-state index in [4.69, 9.17) is 5.11 Å². The lowest BCUT2D eigenvalue weighted by molar-refractivity contribution is -0.137. The number of amides is 2. The summed E-state index contributed by atoms with van der Waals surface area (Å²) in [6.45, 7) is 1.33. The van der Waals surface area contributed by atoms with Gasteiger partial charge in [-0.2, -0.15) is 0 Å². The lowest BCUT2D eigenvalue weighted by atomic mass is 10.4. The van der Waals surface area contributed by atoms with E-state index in [2.05, 4.69) is 0 Å². The van der Waals surface area contributed by atoms with E-state index in [-0.39, 0.29) is 13.0 Å². The molecule has 0 saturated carbocycles. The molecule has 0 aliphatic rings. The molecule has 0 heterocycles. The van der Waals surface area contributed by atoms with E-state index in [0.717, 1.165) is 4.90 Å². The van der Waals surface area contributed by atoms with Gasteiger partial charge in [0.25, 0.3) is 6.43 Å². The van der Waals surface area contributed by atoms with Gasteiger partial charge in [-0.3, -0.25) is 4.79 Å². The minimum Gasteiger partial charge on any atom is -0.481 e. The summed E-state index contributed by atoms with van der Waals surface area (Å²) in [5.41, 5.74) is 0. The maximum Gasteiger partial charge on any atom is 0.319 e. The number of carboxylic acids is 1. The van der Waals surface area contributed by atoms with Crippen LogP contribution in [0.15, 0.2) is 0 Å². The van der Waals surface area contributed by atoms with Gasteiger partial charge in [-0.25, -0.2) is 13.6 Å². The van der Waals surface area contributed by atoms with Gasteiger partial charge in [-0.1, -0.05) is 0 Å². The number of carbonyl (C=O) groups excluding carboxylic acids is 1. The van der Waals surface area contributed by atoms with Gasteiger partial charge in [0.15, 0.2) is 0 Å². The van der Waals surface area contributed by atoms with Crippen LogP contribution >= 0.6 is 0 Å². The summed E-state index contributed by atoms with van der Waals surface area (Å²) in [5.74, 6) is -1.03. The molecule has 0 aliphatic carbocycles. The summed E-state index contributed by atoms with van der Waals surface area (Å²) in [5, 5.41) is 8.45. The zero-order chi connectivity index (χ0) is 12.7. The predicted molar refractivity (Wildman–Crippen MR) is 53.5 cm³/mol. The van der Waals surface area contributed by atoms with E-state index in [1.807, 2.05) is 0 Å². The molecule has 0 aromatic rings. The number of hydrogen-bond donors (Lipinski definition) is 1. The molecule has 0 saturated heterocycles. The van der Waals surface area contributed by atoms with Crippen LogP contribution in [0.1, 0.15) is 13.3 Å². The van der Waals surface area contributed by atoms with Crippen molar-refractivity contribution in [2.24, 2.45) is 0 Å². The van der Waals surface area contributed by atoms with Crippen LogP contribution in [0.5, 0.6) is 0 Å². The Balaban J connectivity index is 4.23. The van der Waals surface area contributed by atoms with E-state index in [1.54, 1.807) is 6.92 Å². The molecule has 0 radical (unpaired) electrons. The molecule has 0 spiro atoms. The van der Waals surface area contributed by atoms with Crippen molar-refractivity contribution >= 4 is 12.0 Å². The highest BCUT2D eigenvalue weighted by Gasteiger charge is 2.19. The minimum absolute atomic E-state index is 0.0260. The number of nitrogens with zero attached hydrogens (tertiary/aromatic N) is 2. The van der Waals surface area contributed by atoms with Crippen LogP contribution < -0.4 is 0 Å². The molecule has 5 nitrogen and oxygen atoms in total. The van der Waals surface area contributed by atoms with E-state index in [9.17, 15) is 18.4 Å². The number of urea groups is 1. The van der Waals surface area contributed by atoms with Gasteiger partial charge in [0.2, 0.25) is 0 Å². The SMILES string of the molecule is CCN(CCC(=O)O)C(=O)N(C)CC(F)F. The maximum absolute atomic E-state index is 12.0. The summed E-state index contributed by atoms with van der Waals surface area (Å²) in [6.07, 6.45) is -2.78. The molecular weight excluding hydrogens is 222 g/mol. The molecule has 0 fully saturated rings. The first kappa shape index (κ1) is 14.6. The molecular formula is C9H16F2N2O3. The van der Waals surface area contributed by atoms with E-state index >= 15 is 0 Å². The zero-order valence-corrected chi connectivity index (χ0v) is 9.32. The molecule has 0 aromatic carbocycles. The Morgan fingerprint density at radius 3 is 2.31 bits per heavy atom. The second kappa shape index (κ2) is 6.97. The van der Waals surface area contributed by atoms with Gasteiger partial charge in [-0.05, 0) is 6.92 Å². The van der Waals surface area contributed by atoms with Crippen molar-refractivity contribution in [3.8, 4) is 0 Å². The summed E-state index contributed by atoms with van der Waals surface area (Å²) in [7, 11) is 1.26. The highest BCUT2D eigenvalue weighted by atomic mass is 19.3. The normalized spacial score (nSPS) is 10.3. The molecule has 0 bridgehead atoms. The molecule has 0 aliphatic heterocycles. The Labute approximate surface area is 92.6 Å². The van der Waals surface area contributed by atoms with Crippen molar-refractivity contribution in [1.29, 1.82) is 0 Å². The fraction of sp³-hybridized carbons (Fsp3) is 0.778. The second-order valence-electron chi connectivity index (χ2n) is 3.28. The Bertz CT molecular complexity index is 249. The lowest BCUT2D eigenvalue weighted by Crippen LogP contribution is -2.43. The second-order valence-corrected chi connectivity index (χ2v) is 3.28. The zero-order valence-electron chi connectivity index (χ0n) is 9.32. The third-order valence-electron chi connectivity index (χ3n) is 1.99. The number of aliphatic carboxylic acids is 1. The van der Waals surface area contributed by atoms with Crippen LogP contribution in [0.25, 0.3) is 0 Å². The average molecular weight is 238 g/mol. The third kappa shape index (κ3) is 5.47. The Hall–Kier alpha value is -1.40. The molecule has 0 aromatic heterocycles. The van der Waals surface area contributed by atoms with E-state index < -0.39 is 25.0 Å². The van der Waals surface area contributed by atoms with Gasteiger partial charge in [0, 0.05) is 20.1 Å². The van der Waals surface area contributed by atoms with Gasteiger partial charge < -0.3 is 14.9 Å². The summed E-state index contributed by atoms with van der Waals surface area (Å²) in [4.78, 5) is 24.0. The molecule has 0 rings (SSSR count). The number of halogens is 2. The molecule has 2 amide bonds. The predicted octanol–water partition coefficient (Wildman–Crippen LogP) is 1.10. The summed E-state index contributed by atoms with van der Waals surface area (Å²) in [6, 6.07) is -0.580. The van der Waals surface area contributed by atoms with Crippen LogP contribution in [0.3, 0.4) is 0 Å². The first-order valence-electron chi connectivity index (χ1n) is 4.88. The molecule has 94 valence electrons. The number of carboxylic acid groups (broad SMARTS) is 1. The molecule has 16 heavy (non-hydrogen) atoms. The van der Waals surface area contributed by atoms with Crippen molar-refractivity contribution < 1.29 is 23.5 Å². The standard InChI is InChI=1S/C9H16F2N2O3/c1-3-13(5-4-8(14)15)9(16)12(2)6-7(10)11/h7H,3-6H2,1-2H3,(H,14,15). The fourth-order valence-electron chi connectivity index (χ4n) is 1.15. The molecule has 7 heteroatoms. The number of alkyl halides is 2. The molecule has 1 N–H and O–H groups in total. The van der Waals surface area contributed by atoms with Crippen LogP contribution in [0.2, 0.25) is 0 Å². The topological polar surface area (TPSA) is 60.9 Å². The van der Waals surface area contributed by atoms with Crippen molar-refractivity contribution in [1.82, 2.24) is 9.80 Å². The van der Waals surface area contributed by atoms with Crippen molar-refractivity contribution in [2.75, 3.05) is 26.7 Å². The quantitative estimate of drug-likeness (QED) is 0.753. The van der Waals surface area contributed by atoms with Gasteiger partial charge in [0.1, 0.15) is 0 Å². The Morgan fingerprint density at radius 2 is 1.94 bits per heavy atom. The molecule has 0 atom stereocenters. The van der Waals surface area contributed by atoms with Crippen molar-refractivity contribution in [3.05, 3.63) is 0 Å². The van der Waals surface area contributed by atoms with Crippen molar-refractivity contribution in [2.45, 2.75) is 19.8 Å². The Kier molecular flexibility index (Phi) is 6.36. The summed E-state index contributed by atoms with van der Waals surface area (Å²) >= 11 is 0. The highest BCUT2D eigenvalue weighted by molar-refractivity contribution is 5.75. The molecule has 0 unspecified atom stereocenters. The first-order chi connectivity index (χ1) is 7.38. The number of carbonyl (C=O) groups is 2. The first-order valence-corrected chi connectivity index (χ1v) is 4.88. The fourth-order valence-corrected chi connectivity index (χ4v) is 1.15. The van der Waals surface area contributed by atoms with Crippen molar-refractivity contribution in [3.63, 3.8) is 0 Å². The van der Waals surface area contributed by atoms with E-state index in [1.165, 1.54) is 11.9 Å².